The molecule has 0 bridgehead atoms. The van der Waals surface area contributed by atoms with Crippen molar-refractivity contribution >= 4 is 28.7 Å². The van der Waals surface area contributed by atoms with Crippen molar-refractivity contribution in [3.8, 4) is 0 Å². The predicted octanol–water partition coefficient (Wildman–Crippen LogP) is 5.16. The Kier molecular flexibility index (Phi) is 7.98. The normalized spacial score (nSPS) is 19.4. The van der Waals surface area contributed by atoms with Crippen LogP contribution in [-0.4, -0.2) is 48.0 Å². The van der Waals surface area contributed by atoms with Gasteiger partial charge in [-0.25, -0.2) is 23.4 Å². The van der Waals surface area contributed by atoms with Gasteiger partial charge in [0.2, 0.25) is 0 Å². The number of anilines is 1. The van der Waals surface area contributed by atoms with E-state index in [4.69, 9.17) is 4.98 Å². The standard InChI is InChI=1S/C24H32F2N6OS/c1-4-7-14(6-3)20(33)13-32-23-21(30-31-32)22(28-24(29-23)34-10-5-2)27-19-12-16(19)15-8-9-17(25)18(26)11-15/h8-9,11,14,16,19-20,33H,4-7,10,12-13H2,1-3H3,(H,27,28,29)/t14?,16-,19?,20-/m0/s1. The van der Waals surface area contributed by atoms with Gasteiger partial charge in [-0.1, -0.05) is 56.7 Å². The highest BCUT2D eigenvalue weighted by Crippen LogP contribution is 2.43. The summed E-state index contributed by atoms with van der Waals surface area (Å²) < 4.78 is 28.7. The molecule has 2 unspecified atom stereocenters. The Morgan fingerprint density at radius 2 is 2.00 bits per heavy atom. The van der Waals surface area contributed by atoms with Crippen LogP contribution in [0.25, 0.3) is 11.2 Å². The first-order valence-electron chi connectivity index (χ1n) is 12.1. The molecule has 0 spiro atoms. The molecule has 0 aliphatic heterocycles. The summed E-state index contributed by atoms with van der Waals surface area (Å²) in [6, 6.07) is 4.09. The van der Waals surface area contributed by atoms with Crippen molar-refractivity contribution < 1.29 is 13.9 Å². The lowest BCUT2D eigenvalue weighted by Crippen LogP contribution is -2.26. The van der Waals surface area contributed by atoms with Gasteiger partial charge in [-0.3, -0.25) is 0 Å². The first-order chi connectivity index (χ1) is 16.4. The van der Waals surface area contributed by atoms with Crippen molar-refractivity contribution in [1.29, 1.82) is 0 Å². The first kappa shape index (κ1) is 24.8. The van der Waals surface area contributed by atoms with Crippen LogP contribution in [0.4, 0.5) is 14.6 Å². The second-order valence-corrected chi connectivity index (χ2v) is 10.0. The number of aromatic nitrogens is 5. The smallest absolute Gasteiger partial charge is 0.191 e. The number of thioether (sulfide) groups is 1. The van der Waals surface area contributed by atoms with Gasteiger partial charge in [0, 0.05) is 17.7 Å². The summed E-state index contributed by atoms with van der Waals surface area (Å²) in [5.74, 6) is 0.0571. The lowest BCUT2D eigenvalue weighted by Gasteiger charge is -2.20. The summed E-state index contributed by atoms with van der Waals surface area (Å²) in [7, 11) is 0. The Balaban J connectivity index is 1.58. The molecule has 184 valence electrons. The minimum Gasteiger partial charge on any atom is -0.391 e. The maximum Gasteiger partial charge on any atom is 0.191 e. The molecule has 4 rings (SSSR count). The largest absolute Gasteiger partial charge is 0.391 e. The van der Waals surface area contributed by atoms with E-state index in [9.17, 15) is 13.9 Å². The Bertz CT molecular complexity index is 1130. The number of benzene rings is 1. The number of nitrogens with one attached hydrogen (secondary N) is 1. The molecule has 1 saturated carbocycles. The van der Waals surface area contributed by atoms with Crippen LogP contribution in [0, 0.1) is 17.6 Å². The summed E-state index contributed by atoms with van der Waals surface area (Å²) in [6.07, 6.45) is 4.11. The van der Waals surface area contributed by atoms with Gasteiger partial charge in [0.25, 0.3) is 0 Å². The van der Waals surface area contributed by atoms with E-state index in [0.29, 0.717) is 28.7 Å². The molecule has 2 heterocycles. The molecule has 2 N–H and O–H groups in total. The number of hydrogen-bond donors (Lipinski definition) is 2. The topological polar surface area (TPSA) is 88.8 Å². The average Bonchev–Trinajstić information content (AvgIpc) is 3.48. The van der Waals surface area contributed by atoms with Crippen LogP contribution in [-0.2, 0) is 6.54 Å². The van der Waals surface area contributed by atoms with E-state index in [1.54, 1.807) is 22.5 Å². The third kappa shape index (κ3) is 5.49. The molecule has 0 amide bonds. The molecule has 1 aliphatic carbocycles. The van der Waals surface area contributed by atoms with Gasteiger partial charge >= 0.3 is 0 Å². The maximum atomic E-state index is 13.7. The van der Waals surface area contributed by atoms with Gasteiger partial charge in [-0.15, -0.1) is 5.10 Å². The number of fused-ring (bicyclic) bond motifs is 1. The molecule has 34 heavy (non-hydrogen) atoms. The zero-order valence-corrected chi connectivity index (χ0v) is 20.7. The monoisotopic (exact) mass is 490 g/mol. The average molecular weight is 491 g/mol. The molecule has 4 atom stereocenters. The quantitative estimate of drug-likeness (QED) is 0.268. The zero-order chi connectivity index (χ0) is 24.2. The van der Waals surface area contributed by atoms with Crippen LogP contribution >= 0.6 is 11.8 Å². The van der Waals surface area contributed by atoms with Gasteiger partial charge < -0.3 is 10.4 Å². The molecule has 0 saturated heterocycles. The van der Waals surface area contributed by atoms with Crippen LogP contribution in [0.15, 0.2) is 23.4 Å². The number of nitrogens with zero attached hydrogens (tertiary/aromatic N) is 5. The fraction of sp³-hybridized carbons (Fsp3) is 0.583. The molecule has 1 aliphatic rings. The molecule has 2 aromatic heterocycles. The molecule has 1 aromatic carbocycles. The van der Waals surface area contributed by atoms with Crippen molar-refractivity contribution in [3.63, 3.8) is 0 Å². The third-order valence-corrected chi connectivity index (χ3v) is 7.40. The summed E-state index contributed by atoms with van der Waals surface area (Å²) >= 11 is 1.56. The highest BCUT2D eigenvalue weighted by molar-refractivity contribution is 7.99. The van der Waals surface area contributed by atoms with Crippen LogP contribution in [0.5, 0.6) is 0 Å². The molecule has 10 heteroatoms. The molecular weight excluding hydrogens is 458 g/mol. The SMILES string of the molecule is CCCSc1nc(NC2C[C@H]2c2ccc(F)c(F)c2)c2nnn(C[C@H](O)C(CC)CCC)c2n1. The lowest BCUT2D eigenvalue weighted by molar-refractivity contribution is 0.0798. The molecule has 3 aromatic rings. The van der Waals surface area contributed by atoms with Gasteiger partial charge in [0.15, 0.2) is 33.8 Å². The Morgan fingerprint density at radius 3 is 2.71 bits per heavy atom. The molecular formula is C24H32F2N6OS. The van der Waals surface area contributed by atoms with Crippen LogP contribution < -0.4 is 5.32 Å². The highest BCUT2D eigenvalue weighted by atomic mass is 32.2. The summed E-state index contributed by atoms with van der Waals surface area (Å²) in [4.78, 5) is 9.37. The lowest BCUT2D eigenvalue weighted by atomic mass is 9.94. The van der Waals surface area contributed by atoms with E-state index in [0.717, 1.165) is 43.4 Å². The summed E-state index contributed by atoms with van der Waals surface area (Å²) in [5.41, 5.74) is 1.90. The van der Waals surface area contributed by atoms with Crippen molar-refractivity contribution in [2.24, 2.45) is 5.92 Å². The van der Waals surface area contributed by atoms with Crippen LogP contribution in [0.2, 0.25) is 0 Å². The zero-order valence-electron chi connectivity index (χ0n) is 19.8. The maximum absolute atomic E-state index is 13.7. The highest BCUT2D eigenvalue weighted by Gasteiger charge is 2.39. The minimum absolute atomic E-state index is 0.0387. The second-order valence-electron chi connectivity index (χ2n) is 8.94. The van der Waals surface area contributed by atoms with Crippen LogP contribution in [0.1, 0.15) is 64.4 Å². The van der Waals surface area contributed by atoms with Crippen molar-refractivity contribution in [1.82, 2.24) is 25.0 Å². The molecule has 1 fully saturated rings. The molecule has 7 nitrogen and oxygen atoms in total. The minimum atomic E-state index is -0.841. The number of hydrogen-bond acceptors (Lipinski definition) is 7. The van der Waals surface area contributed by atoms with Crippen molar-refractivity contribution in [3.05, 3.63) is 35.4 Å². The Morgan fingerprint density at radius 1 is 1.18 bits per heavy atom. The fourth-order valence-electron chi connectivity index (χ4n) is 4.32. The van der Waals surface area contributed by atoms with E-state index < -0.39 is 17.7 Å². The number of aliphatic hydroxyl groups excluding tert-OH is 1. The number of halogens is 2. The van der Waals surface area contributed by atoms with E-state index in [2.05, 4.69) is 41.4 Å². The van der Waals surface area contributed by atoms with E-state index in [-0.39, 0.29) is 17.9 Å². The van der Waals surface area contributed by atoms with Gasteiger partial charge in [-0.05, 0) is 42.9 Å². The number of rotatable bonds is 12. The summed E-state index contributed by atoms with van der Waals surface area (Å²) in [5, 5.41) is 23.5. The van der Waals surface area contributed by atoms with Gasteiger partial charge in [0.1, 0.15) is 0 Å². The van der Waals surface area contributed by atoms with E-state index >= 15 is 0 Å². The Labute approximate surface area is 202 Å². The second kappa shape index (κ2) is 10.9. The van der Waals surface area contributed by atoms with Crippen LogP contribution in [0.3, 0.4) is 0 Å². The Hall–Kier alpha value is -2.33. The first-order valence-corrected chi connectivity index (χ1v) is 13.1. The molecule has 0 radical (unpaired) electrons. The van der Waals surface area contributed by atoms with Gasteiger partial charge in [-0.2, -0.15) is 0 Å². The van der Waals surface area contributed by atoms with Gasteiger partial charge in [0.05, 0.1) is 12.6 Å². The predicted molar refractivity (Wildman–Crippen MR) is 130 cm³/mol. The van der Waals surface area contributed by atoms with Crippen molar-refractivity contribution in [2.75, 3.05) is 11.1 Å². The number of aliphatic hydroxyl groups is 1. The van der Waals surface area contributed by atoms with Crippen molar-refractivity contribution in [2.45, 2.75) is 82.6 Å². The summed E-state index contributed by atoms with van der Waals surface area (Å²) in [6.45, 7) is 6.63. The third-order valence-electron chi connectivity index (χ3n) is 6.35. The fourth-order valence-corrected chi connectivity index (χ4v) is 5.02. The van der Waals surface area contributed by atoms with E-state index in [1.807, 2.05) is 0 Å². The van der Waals surface area contributed by atoms with E-state index in [1.165, 1.54) is 12.1 Å².